The highest BCUT2D eigenvalue weighted by Gasteiger charge is 2.15. The third kappa shape index (κ3) is 8.68. The van der Waals surface area contributed by atoms with E-state index in [0.717, 1.165) is 6.54 Å². The van der Waals surface area contributed by atoms with E-state index < -0.39 is 5.97 Å². The minimum Gasteiger partial charge on any atom is -0.481 e. The summed E-state index contributed by atoms with van der Waals surface area (Å²) < 4.78 is 0. The fourth-order valence-corrected chi connectivity index (χ4v) is 1.45. The third-order valence-electron chi connectivity index (χ3n) is 2.31. The first kappa shape index (κ1) is 15.9. The van der Waals surface area contributed by atoms with Crippen LogP contribution in [0.1, 0.15) is 26.7 Å². The summed E-state index contributed by atoms with van der Waals surface area (Å²) in [7, 11) is 3.91. The maximum Gasteiger partial charge on any atom is 0.303 e. The Balaban J connectivity index is 4.24. The topological polar surface area (TPSA) is 60.9 Å². The van der Waals surface area contributed by atoms with E-state index in [9.17, 15) is 9.59 Å². The molecule has 17 heavy (non-hydrogen) atoms. The smallest absolute Gasteiger partial charge is 0.303 e. The van der Waals surface area contributed by atoms with Gasteiger partial charge in [0.1, 0.15) is 0 Å². The van der Waals surface area contributed by atoms with Crippen LogP contribution in [0.15, 0.2) is 0 Å². The maximum atomic E-state index is 11.8. The highest BCUT2D eigenvalue weighted by atomic mass is 16.4. The average molecular weight is 244 g/mol. The molecule has 100 valence electrons. The molecule has 0 aliphatic carbocycles. The molecule has 5 heteroatoms. The van der Waals surface area contributed by atoms with Gasteiger partial charge in [-0.25, -0.2) is 0 Å². The lowest BCUT2D eigenvalue weighted by Gasteiger charge is -2.26. The predicted molar refractivity (Wildman–Crippen MR) is 66.8 cm³/mol. The second kappa shape index (κ2) is 8.06. The Morgan fingerprint density at radius 2 is 1.71 bits per heavy atom. The van der Waals surface area contributed by atoms with E-state index in [2.05, 4.69) is 0 Å². The second-order valence-electron chi connectivity index (χ2n) is 4.93. The first-order valence-corrected chi connectivity index (χ1v) is 5.97. The SMILES string of the molecule is CC(C)CN(CCN(C)C)C(=O)CCC(=O)O. The molecule has 0 aromatic carbocycles. The number of amides is 1. The van der Waals surface area contributed by atoms with E-state index in [0.29, 0.717) is 19.0 Å². The Morgan fingerprint density at radius 1 is 1.12 bits per heavy atom. The summed E-state index contributed by atoms with van der Waals surface area (Å²) in [5.74, 6) is -0.593. The molecule has 0 aromatic rings. The molecule has 0 spiro atoms. The van der Waals surface area contributed by atoms with Gasteiger partial charge in [0, 0.05) is 26.1 Å². The number of rotatable bonds is 8. The molecule has 0 saturated carbocycles. The molecule has 5 nitrogen and oxygen atoms in total. The Labute approximate surface area is 103 Å². The quantitative estimate of drug-likeness (QED) is 0.689. The highest BCUT2D eigenvalue weighted by Crippen LogP contribution is 2.03. The molecule has 0 aliphatic rings. The monoisotopic (exact) mass is 244 g/mol. The standard InChI is InChI=1S/C12H24N2O3/c1-10(2)9-14(8-7-13(3)4)11(15)5-6-12(16)17/h10H,5-9H2,1-4H3,(H,16,17). The van der Waals surface area contributed by atoms with Crippen molar-refractivity contribution in [2.24, 2.45) is 5.92 Å². The van der Waals surface area contributed by atoms with E-state index in [1.807, 2.05) is 32.8 Å². The molecule has 0 heterocycles. The van der Waals surface area contributed by atoms with Crippen molar-refractivity contribution in [3.63, 3.8) is 0 Å². The van der Waals surface area contributed by atoms with Crippen LogP contribution in [0.25, 0.3) is 0 Å². The van der Waals surface area contributed by atoms with Gasteiger partial charge in [0.15, 0.2) is 0 Å². The van der Waals surface area contributed by atoms with Crippen LogP contribution < -0.4 is 0 Å². The normalized spacial score (nSPS) is 10.9. The summed E-state index contributed by atoms with van der Waals surface area (Å²) in [6.07, 6.45) is 0.00484. The van der Waals surface area contributed by atoms with Crippen LogP contribution in [-0.4, -0.2) is 60.5 Å². The summed E-state index contributed by atoms with van der Waals surface area (Å²) in [4.78, 5) is 26.0. The van der Waals surface area contributed by atoms with Gasteiger partial charge in [-0.3, -0.25) is 9.59 Å². The zero-order valence-electron chi connectivity index (χ0n) is 11.3. The number of nitrogens with zero attached hydrogens (tertiary/aromatic N) is 2. The van der Waals surface area contributed by atoms with Crippen molar-refractivity contribution in [2.45, 2.75) is 26.7 Å². The number of carboxylic acid groups (broad SMARTS) is 1. The van der Waals surface area contributed by atoms with E-state index in [4.69, 9.17) is 5.11 Å². The molecule has 1 amide bonds. The molecular weight excluding hydrogens is 220 g/mol. The first-order chi connectivity index (χ1) is 7.82. The van der Waals surface area contributed by atoms with E-state index in [1.54, 1.807) is 4.90 Å². The fourth-order valence-electron chi connectivity index (χ4n) is 1.45. The van der Waals surface area contributed by atoms with Gasteiger partial charge in [0.05, 0.1) is 6.42 Å². The summed E-state index contributed by atoms with van der Waals surface area (Å²) in [5, 5.41) is 8.57. The number of hydrogen-bond donors (Lipinski definition) is 1. The van der Waals surface area contributed by atoms with Crippen molar-refractivity contribution < 1.29 is 14.7 Å². The zero-order valence-corrected chi connectivity index (χ0v) is 11.3. The number of carbonyl (C=O) groups excluding carboxylic acids is 1. The van der Waals surface area contributed by atoms with Crippen LogP contribution in [0, 0.1) is 5.92 Å². The van der Waals surface area contributed by atoms with Crippen LogP contribution in [-0.2, 0) is 9.59 Å². The van der Waals surface area contributed by atoms with Crippen LogP contribution >= 0.6 is 0 Å². The van der Waals surface area contributed by atoms with Crippen LogP contribution in [0.5, 0.6) is 0 Å². The molecule has 1 N–H and O–H groups in total. The lowest BCUT2D eigenvalue weighted by molar-refractivity contribution is -0.141. The molecule has 0 aromatic heterocycles. The van der Waals surface area contributed by atoms with Crippen LogP contribution in [0.2, 0.25) is 0 Å². The molecule has 0 radical (unpaired) electrons. The highest BCUT2D eigenvalue weighted by molar-refractivity contribution is 5.80. The average Bonchev–Trinajstić information content (AvgIpc) is 2.19. The van der Waals surface area contributed by atoms with Gasteiger partial charge in [0.2, 0.25) is 5.91 Å². The molecule has 0 unspecified atom stereocenters. The number of hydrogen-bond acceptors (Lipinski definition) is 3. The Kier molecular flexibility index (Phi) is 7.54. The summed E-state index contributed by atoms with van der Waals surface area (Å²) in [6, 6.07) is 0. The van der Waals surface area contributed by atoms with Gasteiger partial charge >= 0.3 is 5.97 Å². The van der Waals surface area contributed by atoms with Gasteiger partial charge in [-0.05, 0) is 20.0 Å². The summed E-state index contributed by atoms with van der Waals surface area (Å²) in [5.41, 5.74) is 0. The molecular formula is C12H24N2O3. The Morgan fingerprint density at radius 3 is 2.12 bits per heavy atom. The fraction of sp³-hybridized carbons (Fsp3) is 0.833. The van der Waals surface area contributed by atoms with Crippen molar-refractivity contribution >= 4 is 11.9 Å². The van der Waals surface area contributed by atoms with Gasteiger partial charge in [-0.1, -0.05) is 13.8 Å². The van der Waals surface area contributed by atoms with Crippen LogP contribution in [0.4, 0.5) is 0 Å². The van der Waals surface area contributed by atoms with E-state index in [-0.39, 0.29) is 18.7 Å². The van der Waals surface area contributed by atoms with Gasteiger partial charge < -0.3 is 14.9 Å². The number of aliphatic carboxylic acids is 1. The number of carbonyl (C=O) groups is 2. The lowest BCUT2D eigenvalue weighted by Crippen LogP contribution is -2.39. The minimum absolute atomic E-state index is 0.0667. The molecule has 0 atom stereocenters. The van der Waals surface area contributed by atoms with Crippen molar-refractivity contribution in [2.75, 3.05) is 33.7 Å². The Hall–Kier alpha value is -1.10. The third-order valence-corrected chi connectivity index (χ3v) is 2.31. The zero-order chi connectivity index (χ0) is 13.4. The molecule has 0 saturated heterocycles. The van der Waals surface area contributed by atoms with Gasteiger partial charge in [-0.15, -0.1) is 0 Å². The predicted octanol–water partition coefficient (Wildman–Crippen LogP) is 0.897. The van der Waals surface area contributed by atoms with Crippen LogP contribution in [0.3, 0.4) is 0 Å². The Bertz CT molecular complexity index is 252. The van der Waals surface area contributed by atoms with Crippen molar-refractivity contribution in [1.29, 1.82) is 0 Å². The number of likely N-dealkylation sites (N-methyl/N-ethyl adjacent to an activating group) is 1. The molecule has 0 bridgehead atoms. The summed E-state index contributed by atoms with van der Waals surface area (Å²) >= 11 is 0. The van der Waals surface area contributed by atoms with Gasteiger partial charge in [0.25, 0.3) is 0 Å². The summed E-state index contributed by atoms with van der Waals surface area (Å²) in [6.45, 7) is 6.24. The first-order valence-electron chi connectivity index (χ1n) is 5.97. The largest absolute Gasteiger partial charge is 0.481 e. The number of carboxylic acids is 1. The second-order valence-corrected chi connectivity index (χ2v) is 4.93. The molecule has 0 rings (SSSR count). The van der Waals surface area contributed by atoms with Crippen molar-refractivity contribution in [3.8, 4) is 0 Å². The van der Waals surface area contributed by atoms with Crippen molar-refractivity contribution in [3.05, 3.63) is 0 Å². The van der Waals surface area contributed by atoms with E-state index in [1.165, 1.54) is 0 Å². The lowest BCUT2D eigenvalue weighted by atomic mass is 10.2. The molecule has 0 aliphatic heterocycles. The van der Waals surface area contributed by atoms with E-state index >= 15 is 0 Å². The van der Waals surface area contributed by atoms with Crippen molar-refractivity contribution in [1.82, 2.24) is 9.80 Å². The maximum absolute atomic E-state index is 11.8. The van der Waals surface area contributed by atoms with Gasteiger partial charge in [-0.2, -0.15) is 0 Å². The minimum atomic E-state index is -0.921. The molecule has 0 fully saturated rings.